The molecule has 1 N–H and O–H groups in total. The third-order valence-electron chi connectivity index (χ3n) is 1.23. The number of aldehydes is 1. The van der Waals surface area contributed by atoms with Gasteiger partial charge < -0.3 is 10.1 Å². The average molecular weight is 177 g/mol. The van der Waals surface area contributed by atoms with Gasteiger partial charge in [0.1, 0.15) is 6.29 Å². The van der Waals surface area contributed by atoms with Crippen LogP contribution in [0, 0.1) is 5.92 Å². The molecule has 1 amide bonds. The monoisotopic (exact) mass is 177 g/mol. The van der Waals surface area contributed by atoms with Crippen molar-refractivity contribution in [3.8, 4) is 0 Å². The van der Waals surface area contributed by atoms with Gasteiger partial charge in [0.2, 0.25) is 5.91 Å². The highest BCUT2D eigenvalue weighted by Crippen LogP contribution is 1.97. The number of hydrogen-bond donors (Lipinski definition) is 1. The van der Waals surface area contributed by atoms with E-state index in [4.69, 9.17) is 0 Å². The van der Waals surface area contributed by atoms with Crippen molar-refractivity contribution in [1.29, 1.82) is 0 Å². The number of rotatable bonds is 3. The van der Waals surface area contributed by atoms with Crippen LogP contribution in [0.1, 0.15) is 20.8 Å². The van der Waals surface area contributed by atoms with Crippen LogP contribution in [0.25, 0.3) is 0 Å². The summed E-state index contributed by atoms with van der Waals surface area (Å²) in [6.45, 7) is 5.17. The second kappa shape index (κ2) is 6.22. The van der Waals surface area contributed by atoms with Gasteiger partial charge in [-0.1, -0.05) is 13.8 Å². The molecule has 0 bridgehead atoms. The quantitative estimate of drug-likeness (QED) is 0.636. The zero-order valence-corrected chi connectivity index (χ0v) is 8.05. The Balaban J connectivity index is 0. The lowest BCUT2D eigenvalue weighted by molar-refractivity contribution is -0.122. The van der Waals surface area contributed by atoms with Crippen LogP contribution in [0.2, 0.25) is 0 Å². The maximum absolute atomic E-state index is 10.4. The molecule has 0 unspecified atom stereocenters. The molecule has 0 spiro atoms. The minimum atomic E-state index is -0.336. The first-order chi connectivity index (χ1) is 4.57. The zero-order valence-electron chi connectivity index (χ0n) is 7.05. The Hall–Kier alpha value is -0.510. The van der Waals surface area contributed by atoms with E-state index >= 15 is 0 Å². The van der Waals surface area contributed by atoms with Crippen LogP contribution in [0.15, 0.2) is 0 Å². The SMILES string of the molecule is CC(=O)N[C@H](C=O)C(C)C.S. The Kier molecular flexibility index (Phi) is 7.41. The molecule has 0 aliphatic carbocycles. The summed E-state index contributed by atoms with van der Waals surface area (Å²) in [7, 11) is 0. The molecule has 0 aliphatic rings. The van der Waals surface area contributed by atoms with Gasteiger partial charge in [-0.25, -0.2) is 0 Å². The lowest BCUT2D eigenvalue weighted by Gasteiger charge is -2.13. The minimum absolute atomic E-state index is 0. The molecule has 0 radical (unpaired) electrons. The van der Waals surface area contributed by atoms with Gasteiger partial charge in [0, 0.05) is 6.92 Å². The lowest BCUT2D eigenvalue weighted by atomic mass is 10.1. The summed E-state index contributed by atoms with van der Waals surface area (Å²) in [6, 6.07) is -0.336. The van der Waals surface area contributed by atoms with E-state index in [0.29, 0.717) is 0 Å². The van der Waals surface area contributed by atoms with Crippen LogP contribution in [-0.4, -0.2) is 18.2 Å². The van der Waals surface area contributed by atoms with E-state index < -0.39 is 0 Å². The van der Waals surface area contributed by atoms with Crippen LogP contribution in [0.4, 0.5) is 0 Å². The maximum Gasteiger partial charge on any atom is 0.217 e. The molecule has 0 saturated carbocycles. The lowest BCUT2D eigenvalue weighted by Crippen LogP contribution is -2.38. The number of hydrogen-bond acceptors (Lipinski definition) is 2. The van der Waals surface area contributed by atoms with E-state index in [2.05, 4.69) is 5.32 Å². The summed E-state index contributed by atoms with van der Waals surface area (Å²) < 4.78 is 0. The van der Waals surface area contributed by atoms with Crippen molar-refractivity contribution in [2.45, 2.75) is 26.8 Å². The first kappa shape index (κ1) is 13.1. The normalized spacial score (nSPS) is 11.6. The number of amides is 1. The molecule has 0 aliphatic heterocycles. The Morgan fingerprint density at radius 1 is 1.45 bits per heavy atom. The highest BCUT2D eigenvalue weighted by Gasteiger charge is 2.11. The number of nitrogens with one attached hydrogen (secondary N) is 1. The molecule has 0 saturated heterocycles. The Morgan fingerprint density at radius 2 is 1.91 bits per heavy atom. The van der Waals surface area contributed by atoms with Gasteiger partial charge in [-0.15, -0.1) is 0 Å². The summed E-state index contributed by atoms with van der Waals surface area (Å²) in [5.74, 6) is 0.00667. The molecule has 0 aromatic carbocycles. The minimum Gasteiger partial charge on any atom is -0.347 e. The average Bonchev–Trinajstić information content (AvgIpc) is 1.81. The van der Waals surface area contributed by atoms with Gasteiger partial charge in [-0.05, 0) is 5.92 Å². The smallest absolute Gasteiger partial charge is 0.217 e. The largest absolute Gasteiger partial charge is 0.347 e. The Morgan fingerprint density at radius 3 is 2.00 bits per heavy atom. The summed E-state index contributed by atoms with van der Waals surface area (Å²) >= 11 is 0. The fourth-order valence-corrected chi connectivity index (χ4v) is 0.593. The van der Waals surface area contributed by atoms with Crippen molar-refractivity contribution in [2.75, 3.05) is 0 Å². The fourth-order valence-electron chi connectivity index (χ4n) is 0.593. The first-order valence-electron chi connectivity index (χ1n) is 3.30. The highest BCUT2D eigenvalue weighted by molar-refractivity contribution is 7.59. The van der Waals surface area contributed by atoms with Crippen molar-refractivity contribution >= 4 is 25.7 Å². The molecule has 0 fully saturated rings. The Bertz CT molecular complexity index is 136. The molecular formula is C7H15NO2S. The molecule has 3 nitrogen and oxygen atoms in total. The van der Waals surface area contributed by atoms with E-state index in [9.17, 15) is 9.59 Å². The van der Waals surface area contributed by atoms with Crippen LogP contribution in [0.3, 0.4) is 0 Å². The van der Waals surface area contributed by atoms with Crippen LogP contribution in [0.5, 0.6) is 0 Å². The molecule has 11 heavy (non-hydrogen) atoms. The fraction of sp³-hybridized carbons (Fsp3) is 0.714. The molecular weight excluding hydrogens is 162 g/mol. The van der Waals surface area contributed by atoms with Crippen molar-refractivity contribution in [3.05, 3.63) is 0 Å². The van der Waals surface area contributed by atoms with Crippen LogP contribution < -0.4 is 5.32 Å². The van der Waals surface area contributed by atoms with Crippen molar-refractivity contribution in [2.24, 2.45) is 5.92 Å². The number of carbonyl (C=O) groups excluding carboxylic acids is 2. The molecule has 66 valence electrons. The van der Waals surface area contributed by atoms with E-state index in [-0.39, 0.29) is 31.4 Å². The maximum atomic E-state index is 10.4. The van der Waals surface area contributed by atoms with Gasteiger partial charge in [-0.2, -0.15) is 13.5 Å². The molecule has 1 atom stereocenters. The third-order valence-corrected chi connectivity index (χ3v) is 1.23. The zero-order chi connectivity index (χ0) is 8.15. The van der Waals surface area contributed by atoms with Gasteiger partial charge in [-0.3, -0.25) is 4.79 Å². The summed E-state index contributed by atoms with van der Waals surface area (Å²) in [5.41, 5.74) is 0. The predicted octanol–water partition coefficient (Wildman–Crippen LogP) is 0.459. The van der Waals surface area contributed by atoms with Gasteiger partial charge in [0.25, 0.3) is 0 Å². The van der Waals surface area contributed by atoms with Crippen molar-refractivity contribution in [3.63, 3.8) is 0 Å². The van der Waals surface area contributed by atoms with Crippen molar-refractivity contribution in [1.82, 2.24) is 5.32 Å². The topological polar surface area (TPSA) is 46.2 Å². The second-order valence-corrected chi connectivity index (χ2v) is 2.61. The highest BCUT2D eigenvalue weighted by atomic mass is 32.1. The predicted molar refractivity (Wildman–Crippen MR) is 48.9 cm³/mol. The Labute approximate surface area is 74.0 Å². The number of carbonyl (C=O) groups is 2. The van der Waals surface area contributed by atoms with Gasteiger partial charge >= 0.3 is 0 Å². The van der Waals surface area contributed by atoms with E-state index in [1.54, 1.807) is 0 Å². The van der Waals surface area contributed by atoms with Crippen LogP contribution in [-0.2, 0) is 9.59 Å². The molecule has 0 aromatic rings. The van der Waals surface area contributed by atoms with Gasteiger partial charge in [0.15, 0.2) is 0 Å². The van der Waals surface area contributed by atoms with Crippen LogP contribution >= 0.6 is 13.5 Å². The van der Waals surface area contributed by atoms with Crippen molar-refractivity contribution < 1.29 is 9.59 Å². The third kappa shape index (κ3) is 5.91. The van der Waals surface area contributed by atoms with E-state index in [0.717, 1.165) is 6.29 Å². The molecule has 4 heteroatoms. The summed E-state index contributed by atoms with van der Waals surface area (Å²) in [4.78, 5) is 20.7. The standard InChI is InChI=1S/C7H13NO2.H2S/c1-5(2)7(4-9)8-6(3)10;/h4-5,7H,1-3H3,(H,8,10);1H2/t7-;/m1./s1. The summed E-state index contributed by atoms with van der Waals surface area (Å²) in [5, 5.41) is 2.52. The molecule has 0 aromatic heterocycles. The first-order valence-corrected chi connectivity index (χ1v) is 3.30. The second-order valence-electron chi connectivity index (χ2n) is 2.61. The molecule has 0 rings (SSSR count). The summed E-state index contributed by atoms with van der Waals surface area (Å²) in [6.07, 6.45) is 0.756. The molecule has 0 heterocycles. The van der Waals surface area contributed by atoms with Gasteiger partial charge in [0.05, 0.1) is 6.04 Å². The van der Waals surface area contributed by atoms with E-state index in [1.807, 2.05) is 13.8 Å². The van der Waals surface area contributed by atoms with E-state index in [1.165, 1.54) is 6.92 Å².